The third-order valence-electron chi connectivity index (χ3n) is 3.18. The minimum absolute atomic E-state index is 0.462. The molecule has 0 bridgehead atoms. The Kier molecular flexibility index (Phi) is 4.00. The third-order valence-corrected chi connectivity index (χ3v) is 3.68. The van der Waals surface area contributed by atoms with Crippen molar-refractivity contribution >= 4 is 15.9 Å². The Balaban J connectivity index is 1.80. The summed E-state index contributed by atoms with van der Waals surface area (Å²) in [6, 6.07) is 8.97. The molecule has 0 atom stereocenters. The molecular weight excluding hydrogens is 264 g/mol. The smallest absolute Gasteiger partial charge is 0.0231 e. The molecule has 0 spiro atoms. The van der Waals surface area contributed by atoms with Crippen molar-refractivity contribution in [2.75, 3.05) is 13.6 Å². The summed E-state index contributed by atoms with van der Waals surface area (Å²) in [5.41, 5.74) is 7.15. The second kappa shape index (κ2) is 5.30. The fourth-order valence-electron chi connectivity index (χ4n) is 2.39. The minimum Gasteiger partial charge on any atom is -0.328 e. The number of hydrogen-bond donors (Lipinski definition) is 1. The van der Waals surface area contributed by atoms with Crippen molar-refractivity contribution in [3.63, 3.8) is 0 Å². The highest BCUT2D eigenvalue weighted by atomic mass is 79.9. The maximum Gasteiger partial charge on any atom is 0.0231 e. The summed E-state index contributed by atoms with van der Waals surface area (Å²) in [6.07, 6.45) is 2.39. The van der Waals surface area contributed by atoms with Gasteiger partial charge >= 0.3 is 0 Å². The van der Waals surface area contributed by atoms with Gasteiger partial charge in [0, 0.05) is 23.6 Å². The first-order valence-electron chi connectivity index (χ1n) is 5.82. The number of nitrogens with zero attached hydrogens (tertiary/aromatic N) is 1. The average molecular weight is 283 g/mol. The summed E-state index contributed by atoms with van der Waals surface area (Å²) in [6.45, 7) is 2.19. The van der Waals surface area contributed by atoms with Gasteiger partial charge in [-0.25, -0.2) is 0 Å². The monoisotopic (exact) mass is 282 g/mol. The second-order valence-electron chi connectivity index (χ2n) is 4.92. The molecule has 16 heavy (non-hydrogen) atoms. The van der Waals surface area contributed by atoms with E-state index in [1.54, 1.807) is 0 Å². The van der Waals surface area contributed by atoms with Gasteiger partial charge in [-0.05, 0) is 43.5 Å². The first kappa shape index (κ1) is 12.1. The van der Waals surface area contributed by atoms with Crippen molar-refractivity contribution in [3.05, 3.63) is 34.3 Å². The highest BCUT2D eigenvalue weighted by Gasteiger charge is 2.26. The van der Waals surface area contributed by atoms with Crippen LogP contribution >= 0.6 is 15.9 Å². The molecule has 0 saturated heterocycles. The van der Waals surface area contributed by atoms with E-state index >= 15 is 0 Å². The minimum atomic E-state index is 0.462. The molecule has 0 radical (unpaired) electrons. The molecule has 88 valence electrons. The zero-order chi connectivity index (χ0) is 11.5. The van der Waals surface area contributed by atoms with E-state index in [1.165, 1.54) is 24.9 Å². The summed E-state index contributed by atoms with van der Waals surface area (Å²) < 4.78 is 1.16. The summed E-state index contributed by atoms with van der Waals surface area (Å²) in [5, 5.41) is 0. The zero-order valence-corrected chi connectivity index (χ0v) is 11.3. The van der Waals surface area contributed by atoms with Crippen LogP contribution in [-0.4, -0.2) is 24.5 Å². The number of benzene rings is 1. The molecule has 1 aromatic rings. The lowest BCUT2D eigenvalue weighted by atomic mass is 9.80. The van der Waals surface area contributed by atoms with E-state index in [4.69, 9.17) is 5.73 Å². The summed E-state index contributed by atoms with van der Waals surface area (Å²) in [5.74, 6) is 0.812. The first-order valence-corrected chi connectivity index (χ1v) is 6.61. The van der Waals surface area contributed by atoms with Crippen LogP contribution in [0.25, 0.3) is 0 Å². The molecule has 2 rings (SSSR count). The number of rotatable bonds is 4. The highest BCUT2D eigenvalue weighted by Crippen LogP contribution is 2.26. The molecule has 1 saturated carbocycles. The number of halogens is 1. The second-order valence-corrected chi connectivity index (χ2v) is 5.84. The zero-order valence-electron chi connectivity index (χ0n) is 9.70. The fraction of sp³-hybridized carbons (Fsp3) is 0.538. The SMILES string of the molecule is CN(Cc1cccc(Br)c1)CC1CC(N)C1. The van der Waals surface area contributed by atoms with E-state index in [0.717, 1.165) is 16.9 Å². The quantitative estimate of drug-likeness (QED) is 0.920. The van der Waals surface area contributed by atoms with Gasteiger partial charge in [0.1, 0.15) is 0 Å². The molecule has 1 fully saturated rings. The molecule has 0 aromatic heterocycles. The van der Waals surface area contributed by atoms with Crippen molar-refractivity contribution < 1.29 is 0 Å². The van der Waals surface area contributed by atoms with Gasteiger partial charge in [0.2, 0.25) is 0 Å². The van der Waals surface area contributed by atoms with Gasteiger partial charge in [-0.1, -0.05) is 28.1 Å². The van der Waals surface area contributed by atoms with Crippen LogP contribution in [0.1, 0.15) is 18.4 Å². The lowest BCUT2D eigenvalue weighted by molar-refractivity contribution is 0.178. The van der Waals surface area contributed by atoms with E-state index in [-0.39, 0.29) is 0 Å². The van der Waals surface area contributed by atoms with E-state index in [9.17, 15) is 0 Å². The van der Waals surface area contributed by atoms with Crippen LogP contribution in [0.5, 0.6) is 0 Å². The molecule has 0 amide bonds. The van der Waals surface area contributed by atoms with Crippen LogP contribution in [0.15, 0.2) is 28.7 Å². The predicted molar refractivity (Wildman–Crippen MR) is 71.2 cm³/mol. The van der Waals surface area contributed by atoms with E-state index in [2.05, 4.69) is 52.1 Å². The van der Waals surface area contributed by atoms with E-state index in [1.807, 2.05) is 0 Å². The normalized spacial score (nSPS) is 24.5. The summed E-state index contributed by atoms with van der Waals surface area (Å²) >= 11 is 3.50. The van der Waals surface area contributed by atoms with Crippen molar-refractivity contribution in [1.82, 2.24) is 4.90 Å². The molecule has 3 heteroatoms. The molecular formula is C13H19BrN2. The van der Waals surface area contributed by atoms with Gasteiger partial charge in [-0.2, -0.15) is 0 Å². The van der Waals surface area contributed by atoms with Gasteiger partial charge in [-0.15, -0.1) is 0 Å². The Morgan fingerprint density at radius 2 is 2.19 bits per heavy atom. The lowest BCUT2D eigenvalue weighted by Gasteiger charge is -2.35. The van der Waals surface area contributed by atoms with Gasteiger partial charge in [-0.3, -0.25) is 0 Å². The fourth-order valence-corrected chi connectivity index (χ4v) is 2.84. The Morgan fingerprint density at radius 3 is 2.81 bits per heavy atom. The van der Waals surface area contributed by atoms with Gasteiger partial charge in [0.25, 0.3) is 0 Å². The topological polar surface area (TPSA) is 29.3 Å². The predicted octanol–water partition coefficient (Wildman–Crippen LogP) is 2.62. The van der Waals surface area contributed by atoms with Crippen molar-refractivity contribution in [1.29, 1.82) is 0 Å². The molecule has 0 aliphatic heterocycles. The van der Waals surface area contributed by atoms with Crippen molar-refractivity contribution in [2.24, 2.45) is 11.7 Å². The Morgan fingerprint density at radius 1 is 1.44 bits per heavy atom. The number of hydrogen-bond acceptors (Lipinski definition) is 2. The Bertz CT molecular complexity index is 348. The van der Waals surface area contributed by atoms with E-state index in [0.29, 0.717) is 6.04 Å². The van der Waals surface area contributed by atoms with Crippen LogP contribution in [0, 0.1) is 5.92 Å². The number of nitrogens with two attached hydrogens (primary N) is 1. The lowest BCUT2D eigenvalue weighted by Crippen LogP contribution is -2.41. The highest BCUT2D eigenvalue weighted by molar-refractivity contribution is 9.10. The maximum atomic E-state index is 5.79. The molecule has 2 nitrogen and oxygen atoms in total. The molecule has 1 aliphatic carbocycles. The summed E-state index contributed by atoms with van der Waals surface area (Å²) in [4.78, 5) is 2.39. The Hall–Kier alpha value is -0.380. The van der Waals surface area contributed by atoms with Crippen LogP contribution < -0.4 is 5.73 Å². The standard InChI is InChI=1S/C13H19BrN2/c1-16(9-11-6-13(15)7-11)8-10-3-2-4-12(14)5-10/h2-5,11,13H,6-9,15H2,1H3. The van der Waals surface area contributed by atoms with Crippen molar-refractivity contribution in [3.8, 4) is 0 Å². The Labute approximate surface area is 106 Å². The molecule has 1 aromatic carbocycles. The van der Waals surface area contributed by atoms with Crippen molar-refractivity contribution in [2.45, 2.75) is 25.4 Å². The van der Waals surface area contributed by atoms with Crippen LogP contribution in [-0.2, 0) is 6.54 Å². The van der Waals surface area contributed by atoms with Crippen LogP contribution in [0.2, 0.25) is 0 Å². The largest absolute Gasteiger partial charge is 0.328 e. The third kappa shape index (κ3) is 3.30. The average Bonchev–Trinajstić information content (AvgIpc) is 2.15. The molecule has 0 unspecified atom stereocenters. The molecule has 0 heterocycles. The summed E-state index contributed by atoms with van der Waals surface area (Å²) in [7, 11) is 2.19. The van der Waals surface area contributed by atoms with E-state index < -0.39 is 0 Å². The molecule has 2 N–H and O–H groups in total. The first-order chi connectivity index (χ1) is 7.63. The van der Waals surface area contributed by atoms with Gasteiger partial charge in [0.15, 0.2) is 0 Å². The molecule has 1 aliphatic rings. The van der Waals surface area contributed by atoms with Gasteiger partial charge in [0.05, 0.1) is 0 Å². The van der Waals surface area contributed by atoms with Crippen LogP contribution in [0.3, 0.4) is 0 Å². The maximum absolute atomic E-state index is 5.79. The van der Waals surface area contributed by atoms with Crippen LogP contribution in [0.4, 0.5) is 0 Å². The van der Waals surface area contributed by atoms with Gasteiger partial charge < -0.3 is 10.6 Å².